The highest BCUT2D eigenvalue weighted by Crippen LogP contribution is 2.39. The molecular formula is C26H30Cl2N4O3. The number of hydrogen-bond donors (Lipinski definition) is 2. The van der Waals surface area contributed by atoms with E-state index in [0.29, 0.717) is 39.5 Å². The Morgan fingerprint density at radius 2 is 1.71 bits per heavy atom. The van der Waals surface area contributed by atoms with Gasteiger partial charge in [0.15, 0.2) is 5.60 Å². The Hall–Kier alpha value is -2.51. The molecule has 3 heterocycles. The molecule has 3 aliphatic rings. The Labute approximate surface area is 215 Å². The van der Waals surface area contributed by atoms with Crippen molar-refractivity contribution in [2.75, 3.05) is 4.90 Å². The third-order valence-corrected chi connectivity index (χ3v) is 7.59. The van der Waals surface area contributed by atoms with E-state index in [1.165, 1.54) is 0 Å². The van der Waals surface area contributed by atoms with Crippen LogP contribution in [-0.2, 0) is 4.79 Å². The third-order valence-electron chi connectivity index (χ3n) is 7.06. The van der Waals surface area contributed by atoms with E-state index >= 15 is 0 Å². The van der Waals surface area contributed by atoms with E-state index in [-0.39, 0.29) is 17.9 Å². The highest BCUT2D eigenvalue weighted by molar-refractivity contribution is 6.35. The molecule has 2 N–H and O–H groups in total. The molecule has 2 aliphatic heterocycles. The van der Waals surface area contributed by atoms with Crippen LogP contribution in [0.2, 0.25) is 10.0 Å². The Kier molecular flexibility index (Phi) is 6.57. The highest BCUT2D eigenvalue weighted by Gasteiger charge is 2.43. The molecule has 1 unspecified atom stereocenters. The van der Waals surface area contributed by atoms with Crippen LogP contribution >= 0.6 is 23.2 Å². The molecule has 3 fully saturated rings. The van der Waals surface area contributed by atoms with E-state index in [4.69, 9.17) is 27.9 Å². The number of carbonyl (C=O) groups excluding carboxylic acids is 2. The number of piperidine rings is 1. The number of anilines is 1. The number of aromatic nitrogens is 1. The Balaban J connectivity index is 1.20. The first kappa shape index (κ1) is 24.2. The maximum Gasteiger partial charge on any atom is 0.263 e. The van der Waals surface area contributed by atoms with Crippen LogP contribution in [0.25, 0.3) is 0 Å². The Morgan fingerprint density at radius 3 is 2.31 bits per heavy atom. The maximum absolute atomic E-state index is 13.1. The molecule has 1 aromatic heterocycles. The number of carbonyl (C=O) groups is 2. The van der Waals surface area contributed by atoms with E-state index in [2.05, 4.69) is 20.5 Å². The van der Waals surface area contributed by atoms with Crippen LogP contribution in [0.15, 0.2) is 36.5 Å². The molecule has 1 aliphatic carbocycles. The molecular weight excluding hydrogens is 487 g/mol. The summed E-state index contributed by atoms with van der Waals surface area (Å²) >= 11 is 12.2. The van der Waals surface area contributed by atoms with Crippen molar-refractivity contribution in [1.82, 2.24) is 15.6 Å². The minimum Gasteiger partial charge on any atom is -0.476 e. The fraction of sp³-hybridized carbons (Fsp3) is 0.500. The third kappa shape index (κ3) is 5.36. The molecule has 1 saturated carbocycles. The summed E-state index contributed by atoms with van der Waals surface area (Å²) < 4.78 is 5.95. The molecule has 0 radical (unpaired) electrons. The number of benzene rings is 1. The topological polar surface area (TPSA) is 83.6 Å². The van der Waals surface area contributed by atoms with Crippen LogP contribution in [0.4, 0.5) is 5.82 Å². The summed E-state index contributed by atoms with van der Waals surface area (Å²) in [5, 5.41) is 7.08. The van der Waals surface area contributed by atoms with Crippen LogP contribution in [0.3, 0.4) is 0 Å². The van der Waals surface area contributed by atoms with E-state index in [1.807, 2.05) is 12.1 Å². The molecule has 5 rings (SSSR count). The van der Waals surface area contributed by atoms with E-state index in [0.717, 1.165) is 44.3 Å². The second-order valence-electron chi connectivity index (χ2n) is 10.3. The van der Waals surface area contributed by atoms with E-state index in [9.17, 15) is 9.59 Å². The summed E-state index contributed by atoms with van der Waals surface area (Å²) in [6.45, 7) is 3.48. The zero-order valence-corrected chi connectivity index (χ0v) is 21.4. The minimum absolute atomic E-state index is 0.0549. The molecule has 2 amide bonds. The average molecular weight is 517 g/mol. The second-order valence-corrected chi connectivity index (χ2v) is 11.1. The lowest BCUT2D eigenvalue weighted by Crippen LogP contribution is -2.55. The maximum atomic E-state index is 13.1. The van der Waals surface area contributed by atoms with Crippen molar-refractivity contribution in [3.05, 3.63) is 52.1 Å². The lowest BCUT2D eigenvalue weighted by atomic mass is 9.96. The van der Waals surface area contributed by atoms with E-state index < -0.39 is 5.60 Å². The zero-order valence-electron chi connectivity index (χ0n) is 19.9. The lowest BCUT2D eigenvalue weighted by Gasteiger charge is -2.40. The SMILES string of the molecule is CC(C)(Oc1ccc(Cl)cc1Cl)C(=O)NC1C[C@H]2CC[C@@H](C1)N2c1ccc(C(=O)NC2CC2)cn1. The molecule has 35 heavy (non-hydrogen) atoms. The van der Waals surface area contributed by atoms with E-state index in [1.54, 1.807) is 38.2 Å². The summed E-state index contributed by atoms with van der Waals surface area (Å²) in [5.41, 5.74) is -0.496. The number of nitrogens with one attached hydrogen (secondary N) is 2. The van der Waals surface area contributed by atoms with Gasteiger partial charge in [-0.05, 0) is 82.7 Å². The predicted molar refractivity (Wildman–Crippen MR) is 136 cm³/mol. The summed E-state index contributed by atoms with van der Waals surface area (Å²) in [6, 6.07) is 9.74. The van der Waals surface area contributed by atoms with Crippen molar-refractivity contribution in [2.24, 2.45) is 0 Å². The largest absolute Gasteiger partial charge is 0.476 e. The van der Waals surface area contributed by atoms with Gasteiger partial charge >= 0.3 is 0 Å². The molecule has 3 atom stereocenters. The van der Waals surface area contributed by atoms with Crippen molar-refractivity contribution >= 4 is 40.8 Å². The first-order valence-electron chi connectivity index (χ1n) is 12.2. The van der Waals surface area contributed by atoms with Crippen LogP contribution in [-0.4, -0.2) is 46.6 Å². The molecule has 7 nitrogen and oxygen atoms in total. The number of fused-ring (bicyclic) bond motifs is 2. The van der Waals surface area contributed by atoms with Crippen molar-refractivity contribution in [3.8, 4) is 5.75 Å². The molecule has 2 saturated heterocycles. The van der Waals surface area contributed by atoms with Crippen LogP contribution in [0.5, 0.6) is 5.75 Å². The first-order chi connectivity index (χ1) is 16.7. The van der Waals surface area contributed by atoms with Crippen LogP contribution in [0.1, 0.15) is 62.7 Å². The van der Waals surface area contributed by atoms with Crippen molar-refractivity contribution in [1.29, 1.82) is 0 Å². The normalized spacial score (nSPS) is 23.7. The number of hydrogen-bond acceptors (Lipinski definition) is 5. The van der Waals surface area contributed by atoms with Gasteiger partial charge in [0.25, 0.3) is 11.8 Å². The van der Waals surface area contributed by atoms with Gasteiger partial charge in [0, 0.05) is 35.4 Å². The minimum atomic E-state index is -1.09. The standard InChI is InChI=1S/C26H30Cl2N4O3/c1-26(2,35-22-9-4-16(27)11-21(22)28)25(34)31-18-12-19-7-8-20(13-18)32(19)23-10-3-15(14-29-23)24(33)30-17-5-6-17/h3-4,9-11,14,17-20H,5-8,12-13H2,1-2H3,(H,30,33)(H,31,34)/t18?,19-,20+. The van der Waals surface area contributed by atoms with Gasteiger partial charge in [0.1, 0.15) is 11.6 Å². The summed E-state index contributed by atoms with van der Waals surface area (Å²) in [5.74, 6) is 1.09. The lowest BCUT2D eigenvalue weighted by molar-refractivity contribution is -0.135. The second kappa shape index (κ2) is 9.51. The van der Waals surface area contributed by atoms with Gasteiger partial charge < -0.3 is 20.3 Å². The molecule has 1 aromatic carbocycles. The first-order valence-corrected chi connectivity index (χ1v) is 13.0. The average Bonchev–Trinajstić information content (AvgIpc) is 3.58. The van der Waals surface area contributed by atoms with Gasteiger partial charge in [-0.25, -0.2) is 4.98 Å². The number of pyridine rings is 1. The molecule has 0 spiro atoms. The number of nitrogens with zero attached hydrogens (tertiary/aromatic N) is 2. The summed E-state index contributed by atoms with van der Waals surface area (Å²) in [6.07, 6.45) is 7.58. The van der Waals surface area contributed by atoms with Crippen molar-refractivity contribution in [3.63, 3.8) is 0 Å². The fourth-order valence-electron chi connectivity index (χ4n) is 5.08. The number of ether oxygens (including phenoxy) is 1. The quantitative estimate of drug-likeness (QED) is 0.554. The van der Waals surface area contributed by atoms with Gasteiger partial charge in [0.2, 0.25) is 0 Å². The van der Waals surface area contributed by atoms with Gasteiger partial charge in [-0.3, -0.25) is 9.59 Å². The van der Waals surface area contributed by atoms with Gasteiger partial charge in [-0.15, -0.1) is 0 Å². The van der Waals surface area contributed by atoms with Gasteiger partial charge in [-0.1, -0.05) is 23.2 Å². The van der Waals surface area contributed by atoms with Gasteiger partial charge in [-0.2, -0.15) is 0 Å². The zero-order chi connectivity index (χ0) is 24.7. The fourth-order valence-corrected chi connectivity index (χ4v) is 5.52. The number of amides is 2. The highest BCUT2D eigenvalue weighted by atomic mass is 35.5. The van der Waals surface area contributed by atoms with Gasteiger partial charge in [0.05, 0.1) is 10.6 Å². The predicted octanol–water partition coefficient (Wildman–Crippen LogP) is 4.75. The Morgan fingerprint density at radius 1 is 1.00 bits per heavy atom. The summed E-state index contributed by atoms with van der Waals surface area (Å²) in [4.78, 5) is 32.4. The van der Waals surface area contributed by atoms with Crippen molar-refractivity contribution < 1.29 is 14.3 Å². The Bertz CT molecular complexity index is 1110. The number of rotatable bonds is 7. The molecule has 9 heteroatoms. The number of halogens is 2. The van der Waals surface area contributed by atoms with Crippen LogP contribution in [0, 0.1) is 0 Å². The molecule has 2 bridgehead atoms. The van der Waals surface area contributed by atoms with Crippen LogP contribution < -0.4 is 20.3 Å². The smallest absolute Gasteiger partial charge is 0.263 e. The molecule has 2 aromatic rings. The summed E-state index contributed by atoms with van der Waals surface area (Å²) in [7, 11) is 0. The molecule has 186 valence electrons. The monoisotopic (exact) mass is 516 g/mol. The van der Waals surface area contributed by atoms with Crippen molar-refractivity contribution in [2.45, 2.75) is 82.1 Å².